The summed E-state index contributed by atoms with van der Waals surface area (Å²) in [5, 5.41) is 8.29. The number of hydrogen-bond donors (Lipinski definition) is 1. The van der Waals surface area contributed by atoms with E-state index in [0.717, 1.165) is 37.2 Å². The Bertz CT molecular complexity index is 569. The van der Waals surface area contributed by atoms with E-state index in [9.17, 15) is 4.79 Å². The van der Waals surface area contributed by atoms with Gasteiger partial charge in [0.25, 0.3) is 0 Å². The van der Waals surface area contributed by atoms with Crippen LogP contribution in [-0.2, 0) is 4.79 Å². The second kappa shape index (κ2) is 6.34. The van der Waals surface area contributed by atoms with Gasteiger partial charge in [-0.3, -0.25) is 4.79 Å². The van der Waals surface area contributed by atoms with Crippen LogP contribution in [0, 0.1) is 13.8 Å². The predicted molar refractivity (Wildman–Crippen MR) is 86.5 cm³/mol. The fourth-order valence-electron chi connectivity index (χ4n) is 2.50. The van der Waals surface area contributed by atoms with E-state index in [-0.39, 0.29) is 17.4 Å². The van der Waals surface area contributed by atoms with Gasteiger partial charge in [-0.15, -0.1) is 5.10 Å². The second-order valence-electron chi connectivity index (χ2n) is 5.42. The molecule has 1 amide bonds. The van der Waals surface area contributed by atoms with Crippen molar-refractivity contribution in [2.24, 2.45) is 5.73 Å². The van der Waals surface area contributed by atoms with Crippen LogP contribution in [0.25, 0.3) is 0 Å². The molecule has 2 N–H and O–H groups in total. The van der Waals surface area contributed by atoms with Crippen LogP contribution in [0.3, 0.4) is 0 Å². The Kier molecular flexibility index (Phi) is 4.72. The second-order valence-corrected chi connectivity index (χ2v) is 5.86. The lowest BCUT2D eigenvalue weighted by Gasteiger charge is -2.24. The van der Waals surface area contributed by atoms with Gasteiger partial charge in [0, 0.05) is 20.1 Å². The van der Waals surface area contributed by atoms with Crippen molar-refractivity contribution in [2.45, 2.75) is 26.7 Å². The lowest BCUT2D eigenvalue weighted by atomic mass is 10.1. The number of carbonyl (C=O) groups excluding carboxylic acids is 1. The maximum absolute atomic E-state index is 12.2. The van der Waals surface area contributed by atoms with Crippen molar-refractivity contribution in [3.8, 4) is 0 Å². The van der Waals surface area contributed by atoms with Gasteiger partial charge < -0.3 is 15.5 Å². The number of aryl methyl sites for hydroxylation is 1. The average Bonchev–Trinajstić information content (AvgIpc) is 2.95. The highest BCUT2D eigenvalue weighted by Gasteiger charge is 2.22. The monoisotopic (exact) mass is 307 g/mol. The molecule has 1 fully saturated rings. The summed E-state index contributed by atoms with van der Waals surface area (Å²) in [5.41, 5.74) is 8.22. The normalized spacial score (nSPS) is 14.3. The molecule has 7 heteroatoms. The summed E-state index contributed by atoms with van der Waals surface area (Å²) >= 11 is 5.12. The Morgan fingerprint density at radius 1 is 1.33 bits per heavy atom. The van der Waals surface area contributed by atoms with Crippen LogP contribution in [0.4, 0.5) is 5.82 Å². The number of anilines is 1. The Morgan fingerprint density at radius 2 is 1.95 bits per heavy atom. The van der Waals surface area contributed by atoms with Crippen LogP contribution in [0.15, 0.2) is 0 Å². The highest BCUT2D eigenvalue weighted by atomic mass is 32.1. The molecular formula is C14H21N5OS. The Morgan fingerprint density at radius 3 is 2.52 bits per heavy atom. The molecule has 114 valence electrons. The molecule has 0 radical (unpaired) electrons. The van der Waals surface area contributed by atoms with Crippen LogP contribution in [0.1, 0.15) is 29.7 Å². The topological polar surface area (TPSA) is 75.4 Å². The van der Waals surface area contributed by atoms with E-state index in [1.807, 2.05) is 25.8 Å². The zero-order valence-electron chi connectivity index (χ0n) is 12.7. The summed E-state index contributed by atoms with van der Waals surface area (Å²) in [7, 11) is 1.81. The first-order valence-corrected chi connectivity index (χ1v) is 7.45. The molecule has 1 aromatic rings. The summed E-state index contributed by atoms with van der Waals surface area (Å²) in [5.74, 6) is 0.669. The zero-order valence-corrected chi connectivity index (χ0v) is 13.5. The minimum atomic E-state index is 0.101. The van der Waals surface area contributed by atoms with Gasteiger partial charge in [0.05, 0.1) is 17.8 Å². The lowest BCUT2D eigenvalue weighted by Crippen LogP contribution is -2.38. The lowest BCUT2D eigenvalue weighted by molar-refractivity contribution is -0.128. The maximum atomic E-state index is 12.2. The van der Waals surface area contributed by atoms with Crippen LogP contribution in [0.2, 0.25) is 0 Å². The molecule has 0 spiro atoms. The number of likely N-dealkylation sites (tertiary alicyclic amines) is 1. The number of rotatable bonds is 4. The Balaban J connectivity index is 2.22. The fraction of sp³-hybridized carbons (Fsp3) is 0.571. The molecular weight excluding hydrogens is 286 g/mol. The third-order valence-corrected chi connectivity index (χ3v) is 4.08. The van der Waals surface area contributed by atoms with Crippen LogP contribution in [0.5, 0.6) is 0 Å². The standard InChI is InChI=1S/C14H21N5OS/c1-9-10(2)16-17-14(12(9)13(15)21)18(3)8-11(20)19-6-4-5-7-19/h4-8H2,1-3H3,(H2,15,21). The molecule has 21 heavy (non-hydrogen) atoms. The molecule has 1 saturated heterocycles. The Labute approximate surface area is 130 Å². The minimum absolute atomic E-state index is 0.101. The Hall–Kier alpha value is -1.76. The maximum Gasteiger partial charge on any atom is 0.242 e. The van der Waals surface area contributed by atoms with Crippen molar-refractivity contribution >= 4 is 28.9 Å². The number of carbonyl (C=O) groups is 1. The van der Waals surface area contributed by atoms with Crippen molar-refractivity contribution in [3.05, 3.63) is 16.8 Å². The van der Waals surface area contributed by atoms with Crippen molar-refractivity contribution in [1.82, 2.24) is 15.1 Å². The molecule has 0 saturated carbocycles. The van der Waals surface area contributed by atoms with Gasteiger partial charge in [-0.1, -0.05) is 12.2 Å². The molecule has 2 rings (SSSR count). The average molecular weight is 307 g/mol. The first-order chi connectivity index (χ1) is 9.91. The fourth-order valence-corrected chi connectivity index (χ4v) is 2.75. The molecule has 1 aliphatic rings. The quantitative estimate of drug-likeness (QED) is 0.829. The summed E-state index contributed by atoms with van der Waals surface area (Å²) in [6, 6.07) is 0. The van der Waals surface area contributed by atoms with E-state index < -0.39 is 0 Å². The van der Waals surface area contributed by atoms with E-state index in [1.54, 1.807) is 4.90 Å². The highest BCUT2D eigenvalue weighted by Crippen LogP contribution is 2.21. The molecule has 1 aromatic heterocycles. The van der Waals surface area contributed by atoms with Gasteiger partial charge in [-0.25, -0.2) is 0 Å². The first-order valence-electron chi connectivity index (χ1n) is 7.04. The van der Waals surface area contributed by atoms with Gasteiger partial charge in [0.15, 0.2) is 5.82 Å². The molecule has 0 unspecified atom stereocenters. The summed E-state index contributed by atoms with van der Waals surface area (Å²) in [4.78, 5) is 16.2. The number of thiocarbonyl (C=S) groups is 1. The smallest absolute Gasteiger partial charge is 0.242 e. The van der Waals surface area contributed by atoms with Gasteiger partial charge in [0.1, 0.15) is 4.99 Å². The van der Waals surface area contributed by atoms with Crippen LogP contribution in [-0.4, -0.2) is 52.7 Å². The predicted octanol–water partition coefficient (Wildman–Crippen LogP) is 0.786. The van der Waals surface area contributed by atoms with Crippen molar-refractivity contribution in [1.29, 1.82) is 0 Å². The van der Waals surface area contributed by atoms with E-state index >= 15 is 0 Å². The molecule has 6 nitrogen and oxygen atoms in total. The van der Waals surface area contributed by atoms with Gasteiger partial charge in [-0.05, 0) is 32.3 Å². The van der Waals surface area contributed by atoms with E-state index in [1.165, 1.54) is 0 Å². The number of aromatic nitrogens is 2. The summed E-state index contributed by atoms with van der Waals surface area (Å²) < 4.78 is 0. The number of likely N-dealkylation sites (N-methyl/N-ethyl adjacent to an activating group) is 1. The van der Waals surface area contributed by atoms with E-state index in [2.05, 4.69) is 10.2 Å². The van der Waals surface area contributed by atoms with Crippen molar-refractivity contribution in [2.75, 3.05) is 31.6 Å². The van der Waals surface area contributed by atoms with Crippen molar-refractivity contribution in [3.63, 3.8) is 0 Å². The minimum Gasteiger partial charge on any atom is -0.389 e. The largest absolute Gasteiger partial charge is 0.389 e. The first kappa shape index (κ1) is 15.6. The molecule has 0 bridgehead atoms. The van der Waals surface area contributed by atoms with E-state index in [4.69, 9.17) is 18.0 Å². The highest BCUT2D eigenvalue weighted by molar-refractivity contribution is 7.80. The third-order valence-electron chi connectivity index (χ3n) is 3.88. The molecule has 2 heterocycles. The zero-order chi connectivity index (χ0) is 15.6. The number of nitrogens with zero attached hydrogens (tertiary/aromatic N) is 4. The van der Waals surface area contributed by atoms with Crippen molar-refractivity contribution < 1.29 is 4.79 Å². The number of amides is 1. The molecule has 1 aliphatic heterocycles. The third kappa shape index (κ3) is 3.29. The summed E-state index contributed by atoms with van der Waals surface area (Å²) in [6.45, 7) is 5.72. The summed E-state index contributed by atoms with van der Waals surface area (Å²) in [6.07, 6.45) is 2.16. The van der Waals surface area contributed by atoms with E-state index in [0.29, 0.717) is 11.4 Å². The van der Waals surface area contributed by atoms with Gasteiger partial charge in [-0.2, -0.15) is 5.10 Å². The van der Waals surface area contributed by atoms with Gasteiger partial charge >= 0.3 is 0 Å². The molecule has 0 aliphatic carbocycles. The molecule has 0 atom stereocenters. The van der Waals surface area contributed by atoms with Crippen LogP contribution >= 0.6 is 12.2 Å². The van der Waals surface area contributed by atoms with Crippen LogP contribution < -0.4 is 10.6 Å². The molecule has 0 aromatic carbocycles. The number of nitrogens with two attached hydrogens (primary N) is 1. The van der Waals surface area contributed by atoms with Gasteiger partial charge in [0.2, 0.25) is 5.91 Å². The number of hydrogen-bond acceptors (Lipinski definition) is 5. The SMILES string of the molecule is Cc1nnc(N(C)CC(=O)N2CCCC2)c(C(N)=S)c1C.